The molecule has 0 spiro atoms. The fraction of sp³-hybridized carbons (Fsp3) is 0.846. The van der Waals surface area contributed by atoms with Crippen LogP contribution in [0.5, 0.6) is 0 Å². The topological polar surface area (TPSA) is 75.4 Å². The maximum Gasteiger partial charge on any atom is 0.243 e. The molecule has 5 nitrogen and oxygen atoms in total. The minimum absolute atomic E-state index is 0.0753. The molecule has 0 aromatic carbocycles. The van der Waals surface area contributed by atoms with Crippen molar-refractivity contribution in [3.63, 3.8) is 0 Å². The van der Waals surface area contributed by atoms with Gasteiger partial charge in [0.15, 0.2) is 0 Å². The molecule has 0 radical (unpaired) electrons. The minimum Gasteiger partial charge on any atom is -0.352 e. The Labute approximate surface area is 110 Å². The van der Waals surface area contributed by atoms with Gasteiger partial charge >= 0.3 is 0 Å². The molecule has 3 N–H and O–H groups in total. The zero-order valence-corrected chi connectivity index (χ0v) is 12.2. The number of rotatable bonds is 7. The lowest BCUT2D eigenvalue weighted by atomic mass is 9.92. The van der Waals surface area contributed by atoms with Crippen LogP contribution in [0.25, 0.3) is 0 Å². The number of hydrogen-bond acceptors (Lipinski definition) is 3. The Kier molecular flexibility index (Phi) is 6.91. The van der Waals surface area contributed by atoms with Gasteiger partial charge < -0.3 is 16.0 Å². The molecule has 18 heavy (non-hydrogen) atoms. The highest BCUT2D eigenvalue weighted by molar-refractivity contribution is 5.90. The molecule has 106 valence electrons. The van der Waals surface area contributed by atoms with E-state index in [1.807, 2.05) is 34.6 Å². The SMILES string of the molecule is CCN(CC(=O)NC(C)C)C(=O)C(N)(CC)CC. The smallest absolute Gasteiger partial charge is 0.243 e. The lowest BCUT2D eigenvalue weighted by Crippen LogP contribution is -2.56. The third kappa shape index (κ3) is 4.64. The Morgan fingerprint density at radius 1 is 1.22 bits per heavy atom. The van der Waals surface area contributed by atoms with Gasteiger partial charge in [0.1, 0.15) is 0 Å². The molecule has 0 aliphatic heterocycles. The maximum atomic E-state index is 12.3. The van der Waals surface area contributed by atoms with E-state index in [9.17, 15) is 9.59 Å². The summed E-state index contributed by atoms with van der Waals surface area (Å²) in [5.74, 6) is -0.288. The summed E-state index contributed by atoms with van der Waals surface area (Å²) < 4.78 is 0. The monoisotopic (exact) mass is 257 g/mol. The minimum atomic E-state index is -0.853. The quantitative estimate of drug-likeness (QED) is 0.711. The average molecular weight is 257 g/mol. The first-order valence-corrected chi connectivity index (χ1v) is 6.68. The van der Waals surface area contributed by atoms with Crippen LogP contribution in [-0.4, -0.2) is 41.4 Å². The second-order valence-corrected chi connectivity index (χ2v) is 4.90. The standard InChI is InChI=1S/C13H27N3O2/c1-6-13(14,7-2)12(18)16(8-3)9-11(17)15-10(4)5/h10H,6-9,14H2,1-5H3,(H,15,17). The van der Waals surface area contributed by atoms with Gasteiger partial charge in [0.25, 0.3) is 0 Å². The summed E-state index contributed by atoms with van der Waals surface area (Å²) in [6, 6.07) is 0.0753. The Balaban J connectivity index is 4.68. The summed E-state index contributed by atoms with van der Waals surface area (Å²) in [5, 5.41) is 2.78. The summed E-state index contributed by atoms with van der Waals surface area (Å²) in [4.78, 5) is 25.5. The second-order valence-electron chi connectivity index (χ2n) is 4.90. The number of nitrogens with one attached hydrogen (secondary N) is 1. The number of carbonyl (C=O) groups is 2. The van der Waals surface area contributed by atoms with E-state index in [0.717, 1.165) is 0 Å². The van der Waals surface area contributed by atoms with E-state index in [1.165, 1.54) is 4.90 Å². The Morgan fingerprint density at radius 3 is 2.06 bits per heavy atom. The molecular weight excluding hydrogens is 230 g/mol. The van der Waals surface area contributed by atoms with Crippen LogP contribution in [0.15, 0.2) is 0 Å². The molecule has 0 fully saturated rings. The van der Waals surface area contributed by atoms with Crippen LogP contribution in [0.1, 0.15) is 47.5 Å². The van der Waals surface area contributed by atoms with Crippen LogP contribution in [0.2, 0.25) is 0 Å². The molecule has 0 atom stereocenters. The molecule has 0 saturated carbocycles. The van der Waals surface area contributed by atoms with E-state index in [0.29, 0.717) is 19.4 Å². The van der Waals surface area contributed by atoms with Gasteiger partial charge in [-0.15, -0.1) is 0 Å². The van der Waals surface area contributed by atoms with Crippen LogP contribution in [0, 0.1) is 0 Å². The summed E-state index contributed by atoms with van der Waals surface area (Å²) in [6.45, 7) is 9.98. The average Bonchev–Trinajstić information content (AvgIpc) is 2.33. The number of likely N-dealkylation sites (N-methyl/N-ethyl adjacent to an activating group) is 1. The fourth-order valence-corrected chi connectivity index (χ4v) is 1.74. The maximum absolute atomic E-state index is 12.3. The molecule has 0 saturated heterocycles. The van der Waals surface area contributed by atoms with Gasteiger partial charge in [0.05, 0.1) is 12.1 Å². The summed E-state index contributed by atoms with van der Waals surface area (Å²) >= 11 is 0. The van der Waals surface area contributed by atoms with Crippen molar-refractivity contribution in [2.24, 2.45) is 5.73 Å². The third-order valence-corrected chi connectivity index (χ3v) is 3.14. The zero-order valence-electron chi connectivity index (χ0n) is 12.2. The number of hydrogen-bond donors (Lipinski definition) is 2. The molecule has 0 bridgehead atoms. The third-order valence-electron chi connectivity index (χ3n) is 3.14. The Bertz CT molecular complexity index is 286. The van der Waals surface area contributed by atoms with E-state index in [1.54, 1.807) is 0 Å². The van der Waals surface area contributed by atoms with Crippen molar-refractivity contribution in [2.45, 2.75) is 59.0 Å². The van der Waals surface area contributed by atoms with Gasteiger partial charge in [-0.25, -0.2) is 0 Å². The van der Waals surface area contributed by atoms with Crippen molar-refractivity contribution in [2.75, 3.05) is 13.1 Å². The molecule has 0 heterocycles. The molecule has 2 amide bonds. The molecular formula is C13H27N3O2. The molecule has 0 unspecified atom stereocenters. The Morgan fingerprint density at radius 2 is 1.72 bits per heavy atom. The molecule has 0 rings (SSSR count). The van der Waals surface area contributed by atoms with Gasteiger partial charge in [-0.3, -0.25) is 9.59 Å². The molecule has 0 aliphatic rings. The summed E-state index contributed by atoms with van der Waals surface area (Å²) in [5.41, 5.74) is 5.22. The van der Waals surface area contributed by atoms with E-state index >= 15 is 0 Å². The number of amides is 2. The fourth-order valence-electron chi connectivity index (χ4n) is 1.74. The van der Waals surface area contributed by atoms with E-state index < -0.39 is 5.54 Å². The van der Waals surface area contributed by atoms with Gasteiger partial charge in [-0.1, -0.05) is 13.8 Å². The normalized spacial score (nSPS) is 11.5. The molecule has 0 aromatic rings. The number of nitrogens with two attached hydrogens (primary N) is 1. The highest BCUT2D eigenvalue weighted by Crippen LogP contribution is 2.15. The van der Waals surface area contributed by atoms with Crippen molar-refractivity contribution < 1.29 is 9.59 Å². The predicted molar refractivity (Wildman–Crippen MR) is 73.0 cm³/mol. The van der Waals surface area contributed by atoms with Crippen LogP contribution in [0.4, 0.5) is 0 Å². The van der Waals surface area contributed by atoms with E-state index in [-0.39, 0.29) is 24.4 Å². The first-order valence-electron chi connectivity index (χ1n) is 6.68. The lowest BCUT2D eigenvalue weighted by molar-refractivity contribution is -0.140. The van der Waals surface area contributed by atoms with Crippen molar-refractivity contribution >= 4 is 11.8 Å². The van der Waals surface area contributed by atoms with Crippen LogP contribution in [-0.2, 0) is 9.59 Å². The van der Waals surface area contributed by atoms with E-state index in [2.05, 4.69) is 5.32 Å². The molecule has 0 aromatic heterocycles. The second kappa shape index (κ2) is 7.36. The van der Waals surface area contributed by atoms with Crippen molar-refractivity contribution in [3.05, 3.63) is 0 Å². The predicted octanol–water partition coefficient (Wildman–Crippen LogP) is 0.877. The van der Waals surface area contributed by atoms with Crippen LogP contribution >= 0.6 is 0 Å². The van der Waals surface area contributed by atoms with Gasteiger partial charge in [0.2, 0.25) is 11.8 Å². The summed E-state index contributed by atoms with van der Waals surface area (Å²) in [7, 11) is 0. The first-order chi connectivity index (χ1) is 8.30. The van der Waals surface area contributed by atoms with Crippen molar-refractivity contribution in [1.82, 2.24) is 10.2 Å². The van der Waals surface area contributed by atoms with Crippen molar-refractivity contribution in [3.8, 4) is 0 Å². The highest BCUT2D eigenvalue weighted by atomic mass is 16.2. The van der Waals surface area contributed by atoms with Crippen LogP contribution < -0.4 is 11.1 Å². The van der Waals surface area contributed by atoms with E-state index in [4.69, 9.17) is 5.73 Å². The number of nitrogens with zero attached hydrogens (tertiary/aromatic N) is 1. The van der Waals surface area contributed by atoms with Crippen molar-refractivity contribution in [1.29, 1.82) is 0 Å². The zero-order chi connectivity index (χ0) is 14.3. The van der Waals surface area contributed by atoms with Gasteiger partial charge in [-0.2, -0.15) is 0 Å². The first kappa shape index (κ1) is 16.9. The van der Waals surface area contributed by atoms with Gasteiger partial charge in [-0.05, 0) is 33.6 Å². The molecule has 0 aliphatic carbocycles. The lowest BCUT2D eigenvalue weighted by Gasteiger charge is -2.32. The van der Waals surface area contributed by atoms with Gasteiger partial charge in [0, 0.05) is 12.6 Å². The Hall–Kier alpha value is -1.10. The number of carbonyl (C=O) groups excluding carboxylic acids is 2. The molecule has 5 heteroatoms. The largest absolute Gasteiger partial charge is 0.352 e. The van der Waals surface area contributed by atoms with Crippen LogP contribution in [0.3, 0.4) is 0 Å². The summed E-state index contributed by atoms with van der Waals surface area (Å²) in [6.07, 6.45) is 1.15. The highest BCUT2D eigenvalue weighted by Gasteiger charge is 2.34.